The van der Waals surface area contributed by atoms with Crippen LogP contribution in [0.5, 0.6) is 0 Å². The molecule has 2 aromatic carbocycles. The molecule has 2 N–H and O–H groups in total. The fourth-order valence-corrected chi connectivity index (χ4v) is 3.01. The minimum atomic E-state index is -1.11. The van der Waals surface area contributed by atoms with Gasteiger partial charge < -0.3 is 10.6 Å². The van der Waals surface area contributed by atoms with E-state index in [0.29, 0.717) is 17.7 Å². The smallest absolute Gasteiger partial charge is 0.326 e. The molecule has 27 heavy (non-hydrogen) atoms. The SMILES string of the molecule is CC[C@]1(c2ccccc2)NC(=O)N(/N=C\c2ccc(NC(C)=O)cc2)C1=O. The van der Waals surface area contributed by atoms with Crippen LogP contribution >= 0.6 is 0 Å². The maximum Gasteiger partial charge on any atom is 0.346 e. The highest BCUT2D eigenvalue weighted by molar-refractivity contribution is 6.07. The zero-order valence-electron chi connectivity index (χ0n) is 15.1. The Morgan fingerprint density at radius 1 is 1.15 bits per heavy atom. The molecule has 3 rings (SSSR count). The third-order valence-corrected chi connectivity index (χ3v) is 4.42. The predicted molar refractivity (Wildman–Crippen MR) is 102 cm³/mol. The van der Waals surface area contributed by atoms with E-state index >= 15 is 0 Å². The number of imide groups is 1. The Bertz CT molecular complexity index is 893. The predicted octanol–water partition coefficient (Wildman–Crippen LogP) is 2.84. The molecule has 4 amide bonds. The number of benzene rings is 2. The second kappa shape index (κ2) is 7.41. The standard InChI is InChI=1S/C20H20N4O3/c1-3-20(16-7-5-4-6-8-16)18(26)24(19(27)23-20)21-13-15-9-11-17(12-10-15)22-14(2)25/h4-13H,3H2,1-2H3,(H,22,25)(H,23,27)/b21-13-/t20-/m1/s1. The van der Waals surface area contributed by atoms with Crippen LogP contribution in [0.25, 0.3) is 0 Å². The van der Waals surface area contributed by atoms with Gasteiger partial charge in [0.25, 0.3) is 5.91 Å². The highest BCUT2D eigenvalue weighted by atomic mass is 16.2. The lowest BCUT2D eigenvalue weighted by molar-refractivity contribution is -0.131. The van der Waals surface area contributed by atoms with Crippen molar-refractivity contribution in [3.63, 3.8) is 0 Å². The largest absolute Gasteiger partial charge is 0.346 e. The fourth-order valence-electron chi connectivity index (χ4n) is 3.01. The number of amides is 4. The first kappa shape index (κ1) is 18.3. The lowest BCUT2D eigenvalue weighted by Gasteiger charge is -2.24. The molecule has 0 unspecified atom stereocenters. The van der Waals surface area contributed by atoms with Gasteiger partial charge in [-0.15, -0.1) is 5.01 Å². The summed E-state index contributed by atoms with van der Waals surface area (Å²) in [5.74, 6) is -0.570. The summed E-state index contributed by atoms with van der Waals surface area (Å²) < 4.78 is 0. The van der Waals surface area contributed by atoms with Crippen LogP contribution < -0.4 is 10.6 Å². The van der Waals surface area contributed by atoms with Gasteiger partial charge in [0.05, 0.1) is 6.21 Å². The molecular weight excluding hydrogens is 344 g/mol. The summed E-state index contributed by atoms with van der Waals surface area (Å²) in [5, 5.41) is 10.4. The van der Waals surface area contributed by atoms with E-state index < -0.39 is 17.5 Å². The molecule has 1 aliphatic rings. The molecule has 1 fully saturated rings. The number of hydrazone groups is 1. The Morgan fingerprint density at radius 3 is 2.41 bits per heavy atom. The van der Waals surface area contributed by atoms with Crippen molar-refractivity contribution in [3.8, 4) is 0 Å². The van der Waals surface area contributed by atoms with E-state index in [1.54, 1.807) is 24.3 Å². The zero-order valence-corrected chi connectivity index (χ0v) is 15.1. The van der Waals surface area contributed by atoms with Crippen LogP contribution in [-0.4, -0.2) is 29.1 Å². The molecule has 138 valence electrons. The summed E-state index contributed by atoms with van der Waals surface area (Å²) in [5.41, 5.74) is 0.968. The summed E-state index contributed by atoms with van der Waals surface area (Å²) in [6.45, 7) is 3.28. The van der Waals surface area contributed by atoms with E-state index in [-0.39, 0.29) is 5.91 Å². The molecule has 7 heteroatoms. The van der Waals surface area contributed by atoms with Crippen LogP contribution in [-0.2, 0) is 15.1 Å². The summed E-state index contributed by atoms with van der Waals surface area (Å²) >= 11 is 0. The van der Waals surface area contributed by atoms with Crippen molar-refractivity contribution < 1.29 is 14.4 Å². The van der Waals surface area contributed by atoms with Gasteiger partial charge in [0.1, 0.15) is 5.54 Å². The highest BCUT2D eigenvalue weighted by Crippen LogP contribution is 2.32. The van der Waals surface area contributed by atoms with Crippen LogP contribution in [0.15, 0.2) is 59.7 Å². The monoisotopic (exact) mass is 364 g/mol. The van der Waals surface area contributed by atoms with Gasteiger partial charge in [-0.1, -0.05) is 49.4 Å². The molecule has 0 radical (unpaired) electrons. The van der Waals surface area contributed by atoms with Gasteiger partial charge in [-0.3, -0.25) is 9.59 Å². The van der Waals surface area contributed by atoms with Gasteiger partial charge in [0.15, 0.2) is 0 Å². The Hall–Kier alpha value is -3.48. The van der Waals surface area contributed by atoms with Crippen molar-refractivity contribution >= 4 is 29.7 Å². The molecule has 0 aromatic heterocycles. The number of anilines is 1. The average molecular weight is 364 g/mol. The first-order chi connectivity index (χ1) is 13.0. The second-order valence-electron chi connectivity index (χ2n) is 6.22. The quantitative estimate of drug-likeness (QED) is 0.631. The van der Waals surface area contributed by atoms with Crippen molar-refractivity contribution in [2.24, 2.45) is 5.10 Å². The van der Waals surface area contributed by atoms with Crippen LogP contribution in [0.3, 0.4) is 0 Å². The van der Waals surface area contributed by atoms with Crippen molar-refractivity contribution in [2.45, 2.75) is 25.8 Å². The van der Waals surface area contributed by atoms with E-state index in [9.17, 15) is 14.4 Å². The Labute approximate surface area is 157 Å². The van der Waals surface area contributed by atoms with E-state index in [1.165, 1.54) is 13.1 Å². The summed E-state index contributed by atoms with van der Waals surface area (Å²) in [7, 11) is 0. The minimum absolute atomic E-state index is 0.160. The van der Waals surface area contributed by atoms with Crippen LogP contribution in [0, 0.1) is 0 Å². The molecule has 0 aliphatic carbocycles. The van der Waals surface area contributed by atoms with Gasteiger partial charge in [-0.25, -0.2) is 4.79 Å². The van der Waals surface area contributed by atoms with Crippen molar-refractivity contribution in [1.29, 1.82) is 0 Å². The molecule has 0 spiro atoms. The third-order valence-electron chi connectivity index (χ3n) is 4.42. The first-order valence-electron chi connectivity index (χ1n) is 8.60. The normalized spacial score (nSPS) is 19.4. The highest BCUT2D eigenvalue weighted by Gasteiger charge is 2.51. The van der Waals surface area contributed by atoms with Crippen molar-refractivity contribution in [1.82, 2.24) is 10.3 Å². The van der Waals surface area contributed by atoms with Crippen molar-refractivity contribution in [2.75, 3.05) is 5.32 Å². The van der Waals surface area contributed by atoms with E-state index in [0.717, 1.165) is 10.6 Å². The Kier molecular flexibility index (Phi) is 5.03. The first-order valence-corrected chi connectivity index (χ1v) is 8.60. The van der Waals surface area contributed by atoms with E-state index in [4.69, 9.17) is 0 Å². The molecule has 0 bridgehead atoms. The van der Waals surface area contributed by atoms with Crippen LogP contribution in [0.2, 0.25) is 0 Å². The maximum absolute atomic E-state index is 12.9. The van der Waals surface area contributed by atoms with Gasteiger partial charge in [0.2, 0.25) is 5.91 Å². The fraction of sp³-hybridized carbons (Fsp3) is 0.200. The molecule has 7 nitrogen and oxygen atoms in total. The number of hydrogen-bond acceptors (Lipinski definition) is 4. The third kappa shape index (κ3) is 3.57. The lowest BCUT2D eigenvalue weighted by Crippen LogP contribution is -2.43. The lowest BCUT2D eigenvalue weighted by atomic mass is 9.87. The average Bonchev–Trinajstić information content (AvgIpc) is 2.92. The molecule has 1 aliphatic heterocycles. The van der Waals surface area contributed by atoms with E-state index in [1.807, 2.05) is 37.3 Å². The molecular formula is C20H20N4O3. The molecule has 0 saturated carbocycles. The zero-order chi connectivity index (χ0) is 19.4. The molecule has 1 heterocycles. The van der Waals surface area contributed by atoms with Crippen molar-refractivity contribution in [3.05, 3.63) is 65.7 Å². The van der Waals surface area contributed by atoms with Gasteiger partial charge in [0, 0.05) is 12.6 Å². The Balaban J connectivity index is 1.81. The Morgan fingerprint density at radius 2 is 1.81 bits per heavy atom. The molecule has 1 atom stereocenters. The van der Waals surface area contributed by atoms with Crippen LogP contribution in [0.4, 0.5) is 10.5 Å². The number of carbonyl (C=O) groups is 3. The number of carbonyl (C=O) groups excluding carboxylic acids is 3. The van der Waals surface area contributed by atoms with Gasteiger partial charge in [-0.05, 0) is 29.7 Å². The number of rotatable bonds is 5. The molecule has 2 aromatic rings. The number of nitrogens with one attached hydrogen (secondary N) is 2. The number of nitrogens with zero attached hydrogens (tertiary/aromatic N) is 2. The minimum Gasteiger partial charge on any atom is -0.326 e. The maximum atomic E-state index is 12.9. The van der Waals surface area contributed by atoms with Gasteiger partial charge in [-0.2, -0.15) is 5.10 Å². The van der Waals surface area contributed by atoms with Gasteiger partial charge >= 0.3 is 6.03 Å². The van der Waals surface area contributed by atoms with E-state index in [2.05, 4.69) is 15.7 Å². The second-order valence-corrected chi connectivity index (χ2v) is 6.22. The molecule has 1 saturated heterocycles. The van der Waals surface area contributed by atoms with Crippen LogP contribution in [0.1, 0.15) is 31.4 Å². The summed E-state index contributed by atoms with van der Waals surface area (Å²) in [4.78, 5) is 36.4. The topological polar surface area (TPSA) is 90.9 Å². The number of urea groups is 1. The summed E-state index contributed by atoms with van der Waals surface area (Å²) in [6.07, 6.45) is 1.85. The number of hydrogen-bond donors (Lipinski definition) is 2. The summed E-state index contributed by atoms with van der Waals surface area (Å²) in [6, 6.07) is 15.5.